The minimum absolute atomic E-state index is 0.0150. The van der Waals surface area contributed by atoms with Crippen molar-refractivity contribution in [1.29, 1.82) is 5.26 Å². The summed E-state index contributed by atoms with van der Waals surface area (Å²) in [6.45, 7) is 4.92. The fourth-order valence-electron chi connectivity index (χ4n) is 3.97. The second kappa shape index (κ2) is 10.2. The van der Waals surface area contributed by atoms with Crippen LogP contribution in [0.4, 0.5) is 16.2 Å². The van der Waals surface area contributed by atoms with Crippen molar-refractivity contribution >= 4 is 17.7 Å². The molecule has 0 bridgehead atoms. The number of anilines is 2. The highest BCUT2D eigenvalue weighted by molar-refractivity contribution is 5.80. The second-order valence-corrected chi connectivity index (χ2v) is 8.25. The number of rotatable bonds is 6. The number of piperidine rings is 1. The van der Waals surface area contributed by atoms with Crippen LogP contribution < -0.4 is 20.7 Å². The van der Waals surface area contributed by atoms with Crippen LogP contribution >= 0.6 is 0 Å². The first kappa shape index (κ1) is 23.7. The normalized spacial score (nSPS) is 15.4. The average Bonchev–Trinajstić information content (AvgIpc) is 2.87. The van der Waals surface area contributed by atoms with Gasteiger partial charge >= 0.3 is 0 Å². The topological polar surface area (TPSA) is 117 Å². The van der Waals surface area contributed by atoms with Gasteiger partial charge in [0.1, 0.15) is 23.5 Å². The molecular weight excluding hydrogens is 447 g/mol. The van der Waals surface area contributed by atoms with Gasteiger partial charge in [-0.05, 0) is 42.7 Å². The molecule has 3 aromatic rings. The van der Waals surface area contributed by atoms with E-state index >= 15 is 0 Å². The Hall–Kier alpha value is -4.45. The molecule has 2 aromatic carbocycles. The summed E-state index contributed by atoms with van der Waals surface area (Å²) < 4.78 is 19.3. The summed E-state index contributed by atoms with van der Waals surface area (Å²) in [7, 11) is 1.61. The molecular formula is C26H25FN6O2. The number of aromatic nitrogens is 2. The van der Waals surface area contributed by atoms with Crippen molar-refractivity contribution in [2.75, 3.05) is 24.3 Å². The number of halogens is 1. The highest BCUT2D eigenvalue weighted by atomic mass is 19.1. The predicted octanol–water partition coefficient (Wildman–Crippen LogP) is 3.79. The number of amides is 1. The van der Waals surface area contributed by atoms with Crippen molar-refractivity contribution in [3.63, 3.8) is 0 Å². The number of carbonyl (C=O) groups is 1. The number of hydrogen-bond donors (Lipinski definition) is 2. The van der Waals surface area contributed by atoms with Gasteiger partial charge in [-0.25, -0.2) is 9.37 Å². The molecule has 1 saturated heterocycles. The lowest BCUT2D eigenvalue weighted by molar-refractivity contribution is -0.125. The molecule has 1 fully saturated rings. The number of hydrogen-bond acceptors (Lipinski definition) is 7. The Morgan fingerprint density at radius 1 is 1.29 bits per heavy atom. The first-order valence-corrected chi connectivity index (χ1v) is 11.1. The lowest BCUT2D eigenvalue weighted by atomic mass is 9.95. The van der Waals surface area contributed by atoms with E-state index in [1.807, 2.05) is 29.2 Å². The number of nitriles is 1. The van der Waals surface area contributed by atoms with Crippen LogP contribution in [0.3, 0.4) is 0 Å². The third-order valence-electron chi connectivity index (χ3n) is 5.95. The zero-order chi connectivity index (χ0) is 24.9. The summed E-state index contributed by atoms with van der Waals surface area (Å²) in [5, 5.41) is 12.0. The number of nitrogens with one attached hydrogen (secondary N) is 1. The van der Waals surface area contributed by atoms with Gasteiger partial charge < -0.3 is 20.7 Å². The first-order chi connectivity index (χ1) is 16.9. The van der Waals surface area contributed by atoms with Crippen molar-refractivity contribution in [1.82, 2.24) is 15.3 Å². The molecule has 0 aliphatic carbocycles. The number of benzene rings is 2. The molecule has 1 atom stereocenters. The Bertz CT molecular complexity index is 1300. The van der Waals surface area contributed by atoms with Crippen LogP contribution in [-0.4, -0.2) is 29.5 Å². The Balaban J connectivity index is 1.50. The number of ether oxygens (including phenoxy) is 1. The maximum absolute atomic E-state index is 14.2. The number of nitrogens with two attached hydrogens (primary N) is 1. The number of nitrogen functional groups attached to an aromatic ring is 1. The molecule has 3 N–H and O–H groups in total. The van der Waals surface area contributed by atoms with Crippen LogP contribution in [0.5, 0.6) is 5.75 Å². The Labute approximate surface area is 202 Å². The fourth-order valence-corrected chi connectivity index (χ4v) is 3.97. The quantitative estimate of drug-likeness (QED) is 0.560. The van der Waals surface area contributed by atoms with E-state index in [9.17, 15) is 9.18 Å². The van der Waals surface area contributed by atoms with Crippen molar-refractivity contribution in [2.45, 2.75) is 19.4 Å². The van der Waals surface area contributed by atoms with Gasteiger partial charge in [-0.2, -0.15) is 10.2 Å². The zero-order valence-corrected chi connectivity index (χ0v) is 19.3. The largest absolute Gasteiger partial charge is 0.497 e. The van der Waals surface area contributed by atoms with Gasteiger partial charge in [0.05, 0.1) is 24.3 Å². The standard InChI is InChI=1S/C26H25FN6O2/c1-16-3-6-20(25(34)30-14-17-4-9-21(35-2)10-5-17)15-33(16)24-12-23(31-26(29)32-24)18-7-8-19(13-28)22(27)11-18/h4-5,7-12,20H,1,3,6,14-15H2,2H3,(H,30,34)(H2,29,31,32)/t20-/m0/s1. The summed E-state index contributed by atoms with van der Waals surface area (Å²) in [6, 6.07) is 15.2. The van der Waals surface area contributed by atoms with Gasteiger partial charge in [0.25, 0.3) is 0 Å². The van der Waals surface area contributed by atoms with E-state index in [-0.39, 0.29) is 23.3 Å². The van der Waals surface area contributed by atoms with E-state index < -0.39 is 5.82 Å². The smallest absolute Gasteiger partial charge is 0.225 e. The summed E-state index contributed by atoms with van der Waals surface area (Å²) in [4.78, 5) is 23.3. The molecule has 35 heavy (non-hydrogen) atoms. The third-order valence-corrected chi connectivity index (χ3v) is 5.95. The molecule has 0 radical (unpaired) electrons. The number of carbonyl (C=O) groups excluding carboxylic acids is 1. The van der Waals surface area contributed by atoms with Crippen molar-refractivity contribution in [3.05, 3.63) is 77.8 Å². The van der Waals surface area contributed by atoms with Crippen molar-refractivity contribution in [3.8, 4) is 23.1 Å². The predicted molar refractivity (Wildman–Crippen MR) is 131 cm³/mol. The van der Waals surface area contributed by atoms with Gasteiger partial charge in [0.15, 0.2) is 0 Å². The van der Waals surface area contributed by atoms with E-state index in [1.165, 1.54) is 12.1 Å². The highest BCUT2D eigenvalue weighted by Crippen LogP contribution is 2.31. The molecule has 0 saturated carbocycles. The van der Waals surface area contributed by atoms with Gasteiger partial charge in [-0.15, -0.1) is 0 Å². The molecule has 1 aliphatic heterocycles. The summed E-state index contributed by atoms with van der Waals surface area (Å²) >= 11 is 0. The van der Waals surface area contributed by atoms with Crippen LogP contribution in [0.2, 0.25) is 0 Å². The lowest BCUT2D eigenvalue weighted by Gasteiger charge is -2.34. The van der Waals surface area contributed by atoms with Gasteiger partial charge in [0.2, 0.25) is 11.9 Å². The molecule has 178 valence electrons. The van der Waals surface area contributed by atoms with E-state index in [1.54, 1.807) is 25.3 Å². The van der Waals surface area contributed by atoms with Crippen molar-refractivity contribution < 1.29 is 13.9 Å². The van der Waals surface area contributed by atoms with Crippen LogP contribution in [-0.2, 0) is 11.3 Å². The van der Waals surface area contributed by atoms with Gasteiger partial charge in [0, 0.05) is 30.4 Å². The Kier molecular flexibility index (Phi) is 6.92. The first-order valence-electron chi connectivity index (χ1n) is 11.1. The van der Waals surface area contributed by atoms with E-state index in [0.29, 0.717) is 43.0 Å². The number of methoxy groups -OCH3 is 1. The molecule has 0 spiro atoms. The molecule has 1 aromatic heterocycles. The Morgan fingerprint density at radius 3 is 2.74 bits per heavy atom. The maximum atomic E-state index is 14.2. The molecule has 1 aliphatic rings. The molecule has 8 nitrogen and oxygen atoms in total. The molecule has 4 rings (SSSR count). The van der Waals surface area contributed by atoms with E-state index in [4.69, 9.17) is 15.7 Å². The van der Waals surface area contributed by atoms with Crippen LogP contribution in [0.25, 0.3) is 11.3 Å². The van der Waals surface area contributed by atoms with Crippen LogP contribution in [0.15, 0.2) is 60.8 Å². The Morgan fingerprint density at radius 2 is 2.06 bits per heavy atom. The minimum Gasteiger partial charge on any atom is -0.497 e. The van der Waals surface area contributed by atoms with E-state index in [2.05, 4.69) is 21.9 Å². The number of allylic oxidation sites excluding steroid dienone is 1. The maximum Gasteiger partial charge on any atom is 0.225 e. The van der Waals surface area contributed by atoms with E-state index in [0.717, 1.165) is 17.0 Å². The molecule has 1 amide bonds. The van der Waals surface area contributed by atoms with Gasteiger partial charge in [-0.1, -0.05) is 24.8 Å². The van der Waals surface area contributed by atoms with Crippen LogP contribution in [0, 0.1) is 23.1 Å². The molecule has 9 heteroatoms. The minimum atomic E-state index is -0.639. The highest BCUT2D eigenvalue weighted by Gasteiger charge is 2.29. The second-order valence-electron chi connectivity index (χ2n) is 8.25. The third kappa shape index (κ3) is 5.38. The number of nitrogens with zero attached hydrogens (tertiary/aromatic N) is 4. The summed E-state index contributed by atoms with van der Waals surface area (Å²) in [5.74, 6) is 0.282. The SMILES string of the molecule is C=C1CC[C@H](C(=O)NCc2ccc(OC)cc2)CN1c1cc(-c2ccc(C#N)c(F)c2)nc(N)n1. The fraction of sp³-hybridized carbons (Fsp3) is 0.231. The molecule has 0 unspecified atom stereocenters. The summed E-state index contributed by atoms with van der Waals surface area (Å²) in [5.41, 5.74) is 8.56. The summed E-state index contributed by atoms with van der Waals surface area (Å²) in [6.07, 6.45) is 1.28. The van der Waals surface area contributed by atoms with Crippen LogP contribution in [0.1, 0.15) is 24.0 Å². The zero-order valence-electron chi connectivity index (χ0n) is 19.3. The van der Waals surface area contributed by atoms with Crippen molar-refractivity contribution in [2.24, 2.45) is 5.92 Å². The lowest BCUT2D eigenvalue weighted by Crippen LogP contribution is -2.42. The molecule has 2 heterocycles. The average molecular weight is 473 g/mol. The monoisotopic (exact) mass is 472 g/mol. The van der Waals surface area contributed by atoms with Gasteiger partial charge in [-0.3, -0.25) is 4.79 Å².